The number of piperidine rings is 1. The van der Waals surface area contributed by atoms with Gasteiger partial charge in [-0.15, -0.1) is 0 Å². The Morgan fingerprint density at radius 1 is 1.19 bits per heavy atom. The van der Waals surface area contributed by atoms with Gasteiger partial charge in [0.2, 0.25) is 0 Å². The van der Waals surface area contributed by atoms with Crippen molar-refractivity contribution in [3.05, 3.63) is 29.8 Å². The van der Waals surface area contributed by atoms with Gasteiger partial charge < -0.3 is 20.1 Å². The van der Waals surface area contributed by atoms with E-state index in [-0.39, 0.29) is 12.1 Å². The molecule has 0 amide bonds. The minimum Gasteiger partial charge on any atom is -0.496 e. The number of hydrogen-bond acceptors (Lipinski definition) is 4. The Kier molecular flexibility index (Phi) is 9.42. The Balaban J connectivity index is 2.21. The van der Waals surface area contributed by atoms with E-state index >= 15 is 0 Å². The molecule has 1 aromatic rings. The molecule has 6 nitrogen and oxygen atoms in total. The lowest BCUT2D eigenvalue weighted by atomic mass is 10.0. The molecule has 2 rings (SSSR count). The van der Waals surface area contributed by atoms with Gasteiger partial charge in [-0.1, -0.05) is 24.6 Å². The van der Waals surface area contributed by atoms with Crippen molar-refractivity contribution in [2.45, 2.75) is 45.2 Å². The number of nitrogens with zero attached hydrogens (tertiary/aromatic N) is 2. The minimum atomic E-state index is 0.201. The number of nitrogens with one attached hydrogen (secondary N) is 2. The molecule has 1 aromatic carbocycles. The number of methoxy groups -OCH3 is 2. The van der Waals surface area contributed by atoms with Gasteiger partial charge in [0.25, 0.3) is 0 Å². The van der Waals surface area contributed by atoms with Crippen molar-refractivity contribution >= 4 is 5.96 Å². The van der Waals surface area contributed by atoms with Gasteiger partial charge >= 0.3 is 0 Å². The maximum absolute atomic E-state index is 5.65. The number of rotatable bonds is 9. The molecule has 0 aromatic heterocycles. The number of para-hydroxylation sites is 1. The largest absolute Gasteiger partial charge is 0.496 e. The van der Waals surface area contributed by atoms with E-state index < -0.39 is 0 Å². The Morgan fingerprint density at radius 3 is 2.59 bits per heavy atom. The smallest absolute Gasteiger partial charge is 0.191 e. The molecule has 152 valence electrons. The van der Waals surface area contributed by atoms with Crippen LogP contribution in [0.4, 0.5) is 0 Å². The second-order valence-electron chi connectivity index (χ2n) is 7.07. The lowest BCUT2D eigenvalue weighted by Gasteiger charge is -2.34. The van der Waals surface area contributed by atoms with Crippen LogP contribution >= 0.6 is 0 Å². The van der Waals surface area contributed by atoms with Crippen LogP contribution in [-0.2, 0) is 4.74 Å². The van der Waals surface area contributed by atoms with E-state index in [0.29, 0.717) is 13.2 Å². The predicted molar refractivity (Wildman–Crippen MR) is 112 cm³/mol. The third-order valence-electron chi connectivity index (χ3n) is 4.90. The SMILES string of the molecule is CCNC(=NCC(c1ccccc1OC)N1CCCCC1)NC(C)COC. The van der Waals surface area contributed by atoms with E-state index in [4.69, 9.17) is 14.5 Å². The third kappa shape index (κ3) is 6.70. The topological polar surface area (TPSA) is 58.1 Å². The lowest BCUT2D eigenvalue weighted by Crippen LogP contribution is -2.44. The van der Waals surface area contributed by atoms with E-state index in [9.17, 15) is 0 Å². The van der Waals surface area contributed by atoms with Crippen LogP contribution in [0.3, 0.4) is 0 Å². The molecule has 1 saturated heterocycles. The monoisotopic (exact) mass is 376 g/mol. The average Bonchev–Trinajstić information content (AvgIpc) is 2.69. The van der Waals surface area contributed by atoms with Crippen LogP contribution in [0.2, 0.25) is 0 Å². The molecule has 0 aliphatic carbocycles. The Bertz CT molecular complexity index is 573. The van der Waals surface area contributed by atoms with Gasteiger partial charge in [-0.3, -0.25) is 9.89 Å². The molecule has 2 N–H and O–H groups in total. The first-order valence-corrected chi connectivity index (χ1v) is 10.1. The highest BCUT2D eigenvalue weighted by atomic mass is 16.5. The van der Waals surface area contributed by atoms with Gasteiger partial charge in [-0.2, -0.15) is 0 Å². The van der Waals surface area contributed by atoms with Crippen molar-refractivity contribution < 1.29 is 9.47 Å². The second-order valence-corrected chi connectivity index (χ2v) is 7.07. The van der Waals surface area contributed by atoms with Crippen molar-refractivity contribution in [1.29, 1.82) is 0 Å². The summed E-state index contributed by atoms with van der Waals surface area (Å²) in [6.45, 7) is 8.57. The van der Waals surface area contributed by atoms with Gasteiger partial charge in [0, 0.05) is 25.3 Å². The summed E-state index contributed by atoms with van der Waals surface area (Å²) in [6, 6.07) is 8.74. The minimum absolute atomic E-state index is 0.201. The number of guanidine groups is 1. The van der Waals surface area contributed by atoms with Gasteiger partial charge in [-0.05, 0) is 45.8 Å². The molecular weight excluding hydrogens is 340 g/mol. The van der Waals surface area contributed by atoms with Crippen LogP contribution < -0.4 is 15.4 Å². The molecule has 0 bridgehead atoms. The molecule has 1 aliphatic rings. The first-order chi connectivity index (χ1) is 13.2. The molecule has 2 unspecified atom stereocenters. The molecule has 1 aliphatic heterocycles. The van der Waals surface area contributed by atoms with Gasteiger partial charge in [-0.25, -0.2) is 0 Å². The van der Waals surface area contributed by atoms with Crippen LogP contribution in [0, 0.1) is 0 Å². The Morgan fingerprint density at radius 2 is 1.93 bits per heavy atom. The average molecular weight is 377 g/mol. The number of likely N-dealkylation sites (tertiary alicyclic amines) is 1. The molecule has 0 spiro atoms. The molecular formula is C21H36N4O2. The van der Waals surface area contributed by atoms with Crippen molar-refractivity contribution in [2.75, 3.05) is 47.0 Å². The highest BCUT2D eigenvalue weighted by Gasteiger charge is 2.24. The summed E-state index contributed by atoms with van der Waals surface area (Å²) >= 11 is 0. The first kappa shape index (κ1) is 21.5. The molecule has 0 saturated carbocycles. The standard InChI is InChI=1S/C21H36N4O2/c1-5-22-21(24-17(2)16-26-3)23-15-19(25-13-9-6-10-14-25)18-11-7-8-12-20(18)27-4/h7-8,11-12,17,19H,5-6,9-10,13-16H2,1-4H3,(H2,22,23,24). The molecule has 0 radical (unpaired) electrons. The van der Waals surface area contributed by atoms with Crippen LogP contribution in [0.5, 0.6) is 5.75 Å². The summed E-state index contributed by atoms with van der Waals surface area (Å²) in [5.74, 6) is 1.77. The maximum atomic E-state index is 5.65. The van der Waals surface area contributed by atoms with Crippen molar-refractivity contribution in [2.24, 2.45) is 4.99 Å². The van der Waals surface area contributed by atoms with Gasteiger partial charge in [0.05, 0.1) is 26.3 Å². The van der Waals surface area contributed by atoms with E-state index in [2.05, 4.69) is 41.5 Å². The highest BCUT2D eigenvalue weighted by Crippen LogP contribution is 2.31. The fraction of sp³-hybridized carbons (Fsp3) is 0.667. The Hall–Kier alpha value is -1.79. The normalized spacial score (nSPS) is 18.0. The maximum Gasteiger partial charge on any atom is 0.191 e. The number of ether oxygens (including phenoxy) is 2. The van der Waals surface area contributed by atoms with Crippen LogP contribution in [0.25, 0.3) is 0 Å². The second kappa shape index (κ2) is 11.8. The fourth-order valence-electron chi connectivity index (χ4n) is 3.61. The van der Waals surface area contributed by atoms with Crippen LogP contribution in [-0.4, -0.2) is 63.9 Å². The first-order valence-electron chi connectivity index (χ1n) is 10.1. The molecule has 27 heavy (non-hydrogen) atoms. The lowest BCUT2D eigenvalue weighted by molar-refractivity contribution is 0.165. The summed E-state index contributed by atoms with van der Waals surface area (Å²) < 4.78 is 10.9. The van der Waals surface area contributed by atoms with E-state index in [0.717, 1.165) is 31.3 Å². The van der Waals surface area contributed by atoms with Crippen LogP contribution in [0.1, 0.15) is 44.7 Å². The summed E-state index contributed by atoms with van der Waals surface area (Å²) in [6.07, 6.45) is 3.81. The van der Waals surface area contributed by atoms with Gasteiger partial charge in [0.1, 0.15) is 5.75 Å². The summed E-state index contributed by atoms with van der Waals surface area (Å²) in [4.78, 5) is 7.45. The zero-order valence-electron chi connectivity index (χ0n) is 17.3. The summed E-state index contributed by atoms with van der Waals surface area (Å²) in [5.41, 5.74) is 1.21. The summed E-state index contributed by atoms with van der Waals surface area (Å²) in [7, 11) is 3.46. The third-order valence-corrected chi connectivity index (χ3v) is 4.90. The molecule has 1 fully saturated rings. The van der Waals surface area contributed by atoms with E-state index in [1.807, 2.05) is 12.1 Å². The predicted octanol–water partition coefficient (Wildman–Crippen LogP) is 2.81. The molecule has 2 atom stereocenters. The number of hydrogen-bond donors (Lipinski definition) is 2. The van der Waals surface area contributed by atoms with Gasteiger partial charge in [0.15, 0.2) is 5.96 Å². The molecule has 6 heteroatoms. The van der Waals surface area contributed by atoms with Crippen molar-refractivity contribution in [3.8, 4) is 5.75 Å². The molecule has 1 heterocycles. The summed E-state index contributed by atoms with van der Waals surface area (Å²) in [5, 5.41) is 6.77. The van der Waals surface area contributed by atoms with E-state index in [1.165, 1.54) is 24.8 Å². The quantitative estimate of drug-likeness (QED) is 0.513. The Labute approximate surface area is 164 Å². The van der Waals surface area contributed by atoms with Crippen LogP contribution in [0.15, 0.2) is 29.3 Å². The zero-order valence-corrected chi connectivity index (χ0v) is 17.3. The number of benzene rings is 1. The number of aliphatic imine (C=N–C) groups is 1. The van der Waals surface area contributed by atoms with E-state index in [1.54, 1.807) is 14.2 Å². The highest BCUT2D eigenvalue weighted by molar-refractivity contribution is 5.80. The van der Waals surface area contributed by atoms with Crippen molar-refractivity contribution in [3.63, 3.8) is 0 Å². The fourth-order valence-corrected chi connectivity index (χ4v) is 3.61. The van der Waals surface area contributed by atoms with Crippen molar-refractivity contribution in [1.82, 2.24) is 15.5 Å². The zero-order chi connectivity index (χ0) is 19.5.